The van der Waals surface area contributed by atoms with Crippen LogP contribution < -0.4 is 5.73 Å². The first kappa shape index (κ1) is 16.9. The summed E-state index contributed by atoms with van der Waals surface area (Å²) < 4.78 is 13.7. The molecule has 0 radical (unpaired) electrons. The molecular formula is C14H21BrFN3O. The Morgan fingerprint density at radius 2 is 2.20 bits per heavy atom. The van der Waals surface area contributed by atoms with Gasteiger partial charge in [-0.1, -0.05) is 25.1 Å². The van der Waals surface area contributed by atoms with Gasteiger partial charge < -0.3 is 10.9 Å². The summed E-state index contributed by atoms with van der Waals surface area (Å²) in [4.78, 5) is 2.21. The van der Waals surface area contributed by atoms with Crippen LogP contribution in [-0.2, 0) is 6.54 Å². The first-order valence-corrected chi connectivity index (χ1v) is 7.34. The van der Waals surface area contributed by atoms with Crippen LogP contribution in [0.3, 0.4) is 0 Å². The van der Waals surface area contributed by atoms with Crippen molar-refractivity contribution in [1.82, 2.24) is 4.90 Å². The van der Waals surface area contributed by atoms with Gasteiger partial charge in [0.1, 0.15) is 11.7 Å². The number of oxime groups is 1. The molecule has 0 spiro atoms. The van der Waals surface area contributed by atoms with E-state index in [1.807, 2.05) is 0 Å². The van der Waals surface area contributed by atoms with E-state index in [4.69, 9.17) is 10.9 Å². The maximum absolute atomic E-state index is 13.2. The lowest BCUT2D eigenvalue weighted by Crippen LogP contribution is -2.31. The molecule has 6 heteroatoms. The summed E-state index contributed by atoms with van der Waals surface area (Å²) in [5.74, 6) is 0.464. The van der Waals surface area contributed by atoms with Crippen LogP contribution in [0.15, 0.2) is 27.8 Å². The Kier molecular flexibility index (Phi) is 6.95. The lowest BCUT2D eigenvalue weighted by molar-refractivity contribution is 0.240. The summed E-state index contributed by atoms with van der Waals surface area (Å²) in [6, 6.07) is 5.01. The molecule has 0 fully saturated rings. The Bertz CT molecular complexity index is 466. The fourth-order valence-corrected chi connectivity index (χ4v) is 2.40. The van der Waals surface area contributed by atoms with Crippen LogP contribution in [-0.4, -0.2) is 29.0 Å². The highest BCUT2D eigenvalue weighted by Crippen LogP contribution is 2.18. The van der Waals surface area contributed by atoms with Gasteiger partial charge in [0.05, 0.1) is 4.47 Å². The summed E-state index contributed by atoms with van der Waals surface area (Å²) >= 11 is 3.19. The first-order chi connectivity index (χ1) is 9.42. The topological polar surface area (TPSA) is 61.8 Å². The van der Waals surface area contributed by atoms with Crippen molar-refractivity contribution in [2.24, 2.45) is 16.8 Å². The Labute approximate surface area is 127 Å². The molecule has 20 heavy (non-hydrogen) atoms. The van der Waals surface area contributed by atoms with Gasteiger partial charge >= 0.3 is 0 Å². The number of nitrogens with two attached hydrogens (primary N) is 1. The third-order valence-electron chi connectivity index (χ3n) is 2.83. The van der Waals surface area contributed by atoms with Crippen molar-refractivity contribution in [2.75, 3.05) is 13.1 Å². The Morgan fingerprint density at radius 3 is 2.75 bits per heavy atom. The molecule has 1 rings (SSSR count). The highest BCUT2D eigenvalue weighted by molar-refractivity contribution is 9.10. The van der Waals surface area contributed by atoms with E-state index < -0.39 is 0 Å². The number of benzene rings is 1. The minimum absolute atomic E-state index is 0.221. The molecule has 3 N–H and O–H groups in total. The molecule has 0 saturated heterocycles. The van der Waals surface area contributed by atoms with Gasteiger partial charge in [-0.3, -0.25) is 4.90 Å². The molecule has 0 bridgehead atoms. The molecular weight excluding hydrogens is 325 g/mol. The zero-order valence-corrected chi connectivity index (χ0v) is 13.4. The van der Waals surface area contributed by atoms with Gasteiger partial charge in [-0.2, -0.15) is 0 Å². The number of hydrogen-bond donors (Lipinski definition) is 2. The molecule has 0 aromatic heterocycles. The predicted molar refractivity (Wildman–Crippen MR) is 82.2 cm³/mol. The molecule has 4 nitrogen and oxygen atoms in total. The van der Waals surface area contributed by atoms with Crippen molar-refractivity contribution in [3.63, 3.8) is 0 Å². The monoisotopic (exact) mass is 345 g/mol. The Morgan fingerprint density at radius 1 is 1.50 bits per heavy atom. The van der Waals surface area contributed by atoms with Crippen molar-refractivity contribution in [2.45, 2.75) is 26.8 Å². The van der Waals surface area contributed by atoms with E-state index in [1.165, 1.54) is 6.07 Å². The molecule has 0 saturated carbocycles. The number of halogens is 2. The lowest BCUT2D eigenvalue weighted by atomic mass is 10.1. The maximum Gasteiger partial charge on any atom is 0.140 e. The maximum atomic E-state index is 13.2. The summed E-state index contributed by atoms with van der Waals surface area (Å²) in [5, 5.41) is 11.6. The molecule has 112 valence electrons. The third kappa shape index (κ3) is 5.88. The van der Waals surface area contributed by atoms with Crippen LogP contribution in [0, 0.1) is 11.7 Å². The van der Waals surface area contributed by atoms with E-state index in [2.05, 4.69) is 39.8 Å². The zero-order valence-electron chi connectivity index (χ0n) is 11.8. The SMILES string of the molecule is CC(C)CN(CCC(N)=NO)Cc1ccc(F)c(Br)c1. The van der Waals surface area contributed by atoms with E-state index in [9.17, 15) is 4.39 Å². The molecule has 1 aromatic carbocycles. The standard InChI is InChI=1S/C14H21BrFN3O/c1-10(2)8-19(6-5-14(17)18-20)9-11-3-4-13(16)12(15)7-11/h3-4,7,10,20H,5-6,8-9H2,1-2H3,(H2,17,18). The molecule has 0 heterocycles. The number of hydrogen-bond acceptors (Lipinski definition) is 3. The van der Waals surface area contributed by atoms with Crippen LogP contribution in [0.25, 0.3) is 0 Å². The number of rotatable bonds is 7. The normalized spacial score (nSPS) is 12.4. The fourth-order valence-electron chi connectivity index (χ4n) is 1.97. The minimum Gasteiger partial charge on any atom is -0.409 e. The second kappa shape index (κ2) is 8.21. The molecule has 0 aliphatic heterocycles. The van der Waals surface area contributed by atoms with Crippen LogP contribution in [0.1, 0.15) is 25.8 Å². The van der Waals surface area contributed by atoms with E-state index in [0.717, 1.165) is 12.1 Å². The van der Waals surface area contributed by atoms with Gasteiger partial charge in [-0.05, 0) is 39.5 Å². The van der Waals surface area contributed by atoms with Gasteiger partial charge in [0.15, 0.2) is 0 Å². The average Bonchev–Trinajstić information content (AvgIpc) is 2.39. The molecule has 0 atom stereocenters. The van der Waals surface area contributed by atoms with Gasteiger partial charge in [-0.15, -0.1) is 0 Å². The van der Waals surface area contributed by atoms with Gasteiger partial charge in [0.25, 0.3) is 0 Å². The van der Waals surface area contributed by atoms with Gasteiger partial charge in [0.2, 0.25) is 0 Å². The Balaban J connectivity index is 2.70. The van der Waals surface area contributed by atoms with Crippen molar-refractivity contribution < 1.29 is 9.60 Å². The largest absolute Gasteiger partial charge is 0.409 e. The smallest absolute Gasteiger partial charge is 0.140 e. The quantitative estimate of drug-likeness (QED) is 0.345. The third-order valence-corrected chi connectivity index (χ3v) is 3.43. The predicted octanol–water partition coefficient (Wildman–Crippen LogP) is 3.18. The zero-order chi connectivity index (χ0) is 15.1. The van der Waals surface area contributed by atoms with Gasteiger partial charge in [-0.25, -0.2) is 4.39 Å². The summed E-state index contributed by atoms with van der Waals surface area (Å²) in [6.07, 6.45) is 0.506. The molecule has 0 aliphatic rings. The van der Waals surface area contributed by atoms with Crippen LogP contribution in [0.2, 0.25) is 0 Å². The molecule has 1 aromatic rings. The van der Waals surface area contributed by atoms with E-state index in [1.54, 1.807) is 12.1 Å². The fraction of sp³-hybridized carbons (Fsp3) is 0.500. The van der Waals surface area contributed by atoms with E-state index in [0.29, 0.717) is 29.9 Å². The Hall–Kier alpha value is -1.14. The highest BCUT2D eigenvalue weighted by Gasteiger charge is 2.10. The van der Waals surface area contributed by atoms with Gasteiger partial charge in [0, 0.05) is 26.1 Å². The van der Waals surface area contributed by atoms with E-state index in [-0.39, 0.29) is 11.7 Å². The van der Waals surface area contributed by atoms with E-state index >= 15 is 0 Å². The van der Waals surface area contributed by atoms with Crippen molar-refractivity contribution in [3.8, 4) is 0 Å². The van der Waals surface area contributed by atoms with Crippen LogP contribution >= 0.6 is 15.9 Å². The molecule has 0 amide bonds. The van der Waals surface area contributed by atoms with Crippen molar-refractivity contribution >= 4 is 21.8 Å². The minimum atomic E-state index is -0.263. The summed E-state index contributed by atoms with van der Waals surface area (Å²) in [7, 11) is 0. The van der Waals surface area contributed by atoms with Crippen molar-refractivity contribution in [1.29, 1.82) is 0 Å². The second-order valence-electron chi connectivity index (χ2n) is 5.22. The number of nitrogens with zero attached hydrogens (tertiary/aromatic N) is 2. The lowest BCUT2D eigenvalue weighted by Gasteiger charge is -2.24. The number of amidine groups is 1. The highest BCUT2D eigenvalue weighted by atomic mass is 79.9. The summed E-state index contributed by atoms with van der Waals surface area (Å²) in [6.45, 7) is 6.57. The molecule has 0 unspecified atom stereocenters. The van der Waals surface area contributed by atoms with Crippen LogP contribution in [0.5, 0.6) is 0 Å². The van der Waals surface area contributed by atoms with Crippen LogP contribution in [0.4, 0.5) is 4.39 Å². The van der Waals surface area contributed by atoms with Crippen molar-refractivity contribution in [3.05, 3.63) is 34.1 Å². The summed E-state index contributed by atoms with van der Waals surface area (Å²) in [5.41, 5.74) is 6.53. The second-order valence-corrected chi connectivity index (χ2v) is 6.07. The first-order valence-electron chi connectivity index (χ1n) is 6.55. The molecule has 0 aliphatic carbocycles. The average molecular weight is 346 g/mol.